The first-order valence-corrected chi connectivity index (χ1v) is 6.59. The van der Waals surface area contributed by atoms with Gasteiger partial charge in [0.1, 0.15) is 5.75 Å². The van der Waals surface area contributed by atoms with Crippen molar-refractivity contribution < 1.29 is 4.74 Å². The van der Waals surface area contributed by atoms with Gasteiger partial charge in [-0.25, -0.2) is 0 Å². The average molecular weight is 233 g/mol. The van der Waals surface area contributed by atoms with Crippen LogP contribution in [0.1, 0.15) is 38.7 Å². The van der Waals surface area contributed by atoms with Crippen LogP contribution in [0, 0.1) is 0 Å². The van der Waals surface area contributed by atoms with Gasteiger partial charge in [0.15, 0.2) is 0 Å². The van der Waals surface area contributed by atoms with Gasteiger partial charge in [0.05, 0.1) is 6.61 Å². The largest absolute Gasteiger partial charge is 0.494 e. The van der Waals surface area contributed by atoms with Gasteiger partial charge >= 0.3 is 0 Å². The summed E-state index contributed by atoms with van der Waals surface area (Å²) in [5.41, 5.74) is 1.64. The van der Waals surface area contributed by atoms with Gasteiger partial charge < -0.3 is 10.1 Å². The van der Waals surface area contributed by atoms with E-state index in [1.165, 1.54) is 24.8 Å². The van der Waals surface area contributed by atoms with Crippen LogP contribution in [0.4, 0.5) is 0 Å². The van der Waals surface area contributed by atoms with Crippen molar-refractivity contribution in [3.8, 4) is 5.75 Å². The van der Waals surface area contributed by atoms with Crippen LogP contribution in [-0.4, -0.2) is 19.7 Å². The van der Waals surface area contributed by atoms with Crippen molar-refractivity contribution in [2.45, 2.75) is 44.6 Å². The van der Waals surface area contributed by atoms with Crippen LogP contribution in [0.15, 0.2) is 24.3 Å². The minimum absolute atomic E-state index is 0.263. The number of hydrogen-bond acceptors (Lipinski definition) is 2. The molecule has 0 saturated heterocycles. The van der Waals surface area contributed by atoms with Gasteiger partial charge in [-0.05, 0) is 44.7 Å². The Morgan fingerprint density at radius 2 is 2.18 bits per heavy atom. The lowest BCUT2D eigenvalue weighted by molar-refractivity contribution is 0.324. The quantitative estimate of drug-likeness (QED) is 0.862. The first-order valence-electron chi connectivity index (χ1n) is 6.59. The van der Waals surface area contributed by atoms with Crippen molar-refractivity contribution >= 4 is 0 Å². The first kappa shape index (κ1) is 12.4. The van der Waals surface area contributed by atoms with Gasteiger partial charge in [0.25, 0.3) is 0 Å². The molecule has 17 heavy (non-hydrogen) atoms. The summed E-state index contributed by atoms with van der Waals surface area (Å²) in [5.74, 6) is 1.06. The first-order chi connectivity index (χ1) is 8.19. The molecule has 1 aliphatic rings. The summed E-state index contributed by atoms with van der Waals surface area (Å²) in [4.78, 5) is 0. The zero-order valence-corrected chi connectivity index (χ0v) is 11.1. The number of para-hydroxylation sites is 1. The third kappa shape index (κ3) is 2.47. The highest BCUT2D eigenvalue weighted by Crippen LogP contribution is 2.44. The van der Waals surface area contributed by atoms with E-state index in [4.69, 9.17) is 4.74 Å². The molecule has 1 N–H and O–H groups in total. The molecule has 0 aromatic heterocycles. The Labute approximate surface area is 104 Å². The topological polar surface area (TPSA) is 21.3 Å². The zero-order chi connectivity index (χ0) is 12.3. The summed E-state index contributed by atoms with van der Waals surface area (Å²) in [6.07, 6.45) is 3.70. The summed E-state index contributed by atoms with van der Waals surface area (Å²) in [6, 6.07) is 9.15. The molecule has 0 bridgehead atoms. The van der Waals surface area contributed by atoms with E-state index in [0.29, 0.717) is 6.04 Å². The van der Waals surface area contributed by atoms with E-state index in [1.807, 2.05) is 6.92 Å². The van der Waals surface area contributed by atoms with Gasteiger partial charge in [0.2, 0.25) is 0 Å². The maximum atomic E-state index is 5.76. The fourth-order valence-corrected chi connectivity index (χ4v) is 2.98. The number of benzene rings is 1. The minimum atomic E-state index is 0.263. The third-order valence-electron chi connectivity index (χ3n) is 3.99. The third-order valence-corrected chi connectivity index (χ3v) is 3.99. The van der Waals surface area contributed by atoms with E-state index in [0.717, 1.165) is 12.4 Å². The lowest BCUT2D eigenvalue weighted by Gasteiger charge is -2.27. The predicted octanol–water partition coefficient (Wildman–Crippen LogP) is 3.11. The van der Waals surface area contributed by atoms with Crippen LogP contribution in [0.25, 0.3) is 0 Å². The summed E-state index contributed by atoms with van der Waals surface area (Å²) in [5, 5.41) is 3.40. The number of ether oxygens (including phenoxy) is 1. The maximum Gasteiger partial charge on any atom is 0.123 e. The highest BCUT2D eigenvalue weighted by molar-refractivity contribution is 5.40. The van der Waals surface area contributed by atoms with Gasteiger partial charge in [-0.15, -0.1) is 0 Å². The smallest absolute Gasteiger partial charge is 0.123 e. The molecular weight excluding hydrogens is 210 g/mol. The van der Waals surface area contributed by atoms with Crippen molar-refractivity contribution in [2.75, 3.05) is 13.7 Å². The molecule has 1 saturated carbocycles. The predicted molar refractivity (Wildman–Crippen MR) is 71.7 cm³/mol. The highest BCUT2D eigenvalue weighted by Gasteiger charge is 2.37. The van der Waals surface area contributed by atoms with E-state index >= 15 is 0 Å². The number of rotatable bonds is 4. The van der Waals surface area contributed by atoms with Crippen molar-refractivity contribution in [1.29, 1.82) is 0 Å². The Kier molecular flexibility index (Phi) is 3.72. The van der Waals surface area contributed by atoms with Crippen molar-refractivity contribution in [3.05, 3.63) is 29.8 Å². The lowest BCUT2D eigenvalue weighted by atomic mass is 9.80. The Bertz CT molecular complexity index is 377. The van der Waals surface area contributed by atoms with E-state index in [2.05, 4.69) is 43.6 Å². The van der Waals surface area contributed by atoms with E-state index in [1.54, 1.807) is 0 Å². The SMILES string of the molecule is CCOc1ccccc1C1(C)CCC(NC)C1. The fourth-order valence-electron chi connectivity index (χ4n) is 2.98. The molecule has 0 heterocycles. The summed E-state index contributed by atoms with van der Waals surface area (Å²) in [7, 11) is 2.06. The van der Waals surface area contributed by atoms with E-state index in [9.17, 15) is 0 Å². The zero-order valence-electron chi connectivity index (χ0n) is 11.1. The van der Waals surface area contributed by atoms with Crippen molar-refractivity contribution in [3.63, 3.8) is 0 Å². The number of hydrogen-bond donors (Lipinski definition) is 1. The Balaban J connectivity index is 2.27. The van der Waals surface area contributed by atoms with Crippen LogP contribution < -0.4 is 10.1 Å². The molecule has 1 aromatic carbocycles. The monoisotopic (exact) mass is 233 g/mol. The van der Waals surface area contributed by atoms with Crippen molar-refractivity contribution in [2.24, 2.45) is 0 Å². The summed E-state index contributed by atoms with van der Waals surface area (Å²) >= 11 is 0. The summed E-state index contributed by atoms with van der Waals surface area (Å²) < 4.78 is 5.76. The molecule has 1 aliphatic carbocycles. The molecular formula is C15H23NO. The fraction of sp³-hybridized carbons (Fsp3) is 0.600. The molecule has 0 radical (unpaired) electrons. The maximum absolute atomic E-state index is 5.76. The van der Waals surface area contributed by atoms with Gasteiger partial charge in [0, 0.05) is 11.6 Å². The van der Waals surface area contributed by atoms with Gasteiger partial charge in [-0.1, -0.05) is 25.1 Å². The molecule has 1 fully saturated rings. The molecule has 2 nitrogen and oxygen atoms in total. The van der Waals surface area contributed by atoms with Crippen LogP contribution in [0.2, 0.25) is 0 Å². The number of nitrogens with one attached hydrogen (secondary N) is 1. The lowest BCUT2D eigenvalue weighted by Crippen LogP contribution is -2.26. The second-order valence-electron chi connectivity index (χ2n) is 5.22. The standard InChI is InChI=1S/C15H23NO/c1-4-17-14-8-6-5-7-13(14)15(2)10-9-12(11-15)16-3/h5-8,12,16H,4,9-11H2,1-3H3. The van der Waals surface area contributed by atoms with Gasteiger partial charge in [-0.2, -0.15) is 0 Å². The molecule has 0 spiro atoms. The molecule has 0 aliphatic heterocycles. The van der Waals surface area contributed by atoms with Crippen LogP contribution in [0.3, 0.4) is 0 Å². The molecule has 1 aromatic rings. The molecule has 2 atom stereocenters. The van der Waals surface area contributed by atoms with Gasteiger partial charge in [-0.3, -0.25) is 0 Å². The Hall–Kier alpha value is -1.02. The van der Waals surface area contributed by atoms with Crippen molar-refractivity contribution in [1.82, 2.24) is 5.32 Å². The second-order valence-corrected chi connectivity index (χ2v) is 5.22. The van der Waals surface area contributed by atoms with E-state index < -0.39 is 0 Å². The van der Waals surface area contributed by atoms with Crippen LogP contribution in [-0.2, 0) is 5.41 Å². The normalized spacial score (nSPS) is 28.3. The Morgan fingerprint density at radius 3 is 2.82 bits per heavy atom. The molecule has 2 unspecified atom stereocenters. The molecule has 2 rings (SSSR count). The molecule has 2 heteroatoms. The summed E-state index contributed by atoms with van der Waals surface area (Å²) in [6.45, 7) is 5.15. The second kappa shape index (κ2) is 5.09. The molecule has 0 amide bonds. The van der Waals surface area contributed by atoms with E-state index in [-0.39, 0.29) is 5.41 Å². The minimum Gasteiger partial charge on any atom is -0.494 e. The molecule has 94 valence electrons. The Morgan fingerprint density at radius 1 is 1.41 bits per heavy atom. The van der Waals surface area contributed by atoms with Crippen LogP contribution in [0.5, 0.6) is 5.75 Å². The van der Waals surface area contributed by atoms with Crippen LogP contribution >= 0.6 is 0 Å². The average Bonchev–Trinajstić information content (AvgIpc) is 2.73. The highest BCUT2D eigenvalue weighted by atomic mass is 16.5.